The average Bonchev–Trinajstić information content (AvgIpc) is 3.47. The fourth-order valence-corrected chi connectivity index (χ4v) is 6.27. The van der Waals surface area contributed by atoms with E-state index in [0.29, 0.717) is 22.2 Å². The number of aliphatic hydroxyl groups excluding tert-OH is 1. The Hall–Kier alpha value is -4.04. The summed E-state index contributed by atoms with van der Waals surface area (Å²) in [6.45, 7) is 3.50. The summed E-state index contributed by atoms with van der Waals surface area (Å²) in [5, 5.41) is 15.8. The molecule has 2 heterocycles. The Morgan fingerprint density at radius 3 is 2.57 bits per heavy atom. The van der Waals surface area contributed by atoms with E-state index in [2.05, 4.69) is 10.6 Å². The number of amides is 3. The Kier molecular flexibility index (Phi) is 9.20. The molecular weight excluding hydrogens is 612 g/mol. The summed E-state index contributed by atoms with van der Waals surface area (Å²) in [4.78, 5) is 28.4. The van der Waals surface area contributed by atoms with Gasteiger partial charge in [0, 0.05) is 36.3 Å². The minimum absolute atomic E-state index is 0.0662. The van der Waals surface area contributed by atoms with E-state index in [4.69, 9.17) is 25.8 Å². The fraction of sp³-hybridized carbons (Fsp3) is 0.333. The zero-order valence-electron chi connectivity index (χ0n) is 24.3. The van der Waals surface area contributed by atoms with Gasteiger partial charge in [0.2, 0.25) is 16.8 Å². The smallest absolute Gasteiger partial charge is 0.323 e. The van der Waals surface area contributed by atoms with Crippen LogP contribution in [0.25, 0.3) is 0 Å². The van der Waals surface area contributed by atoms with Crippen molar-refractivity contribution in [2.24, 2.45) is 5.92 Å². The van der Waals surface area contributed by atoms with Gasteiger partial charge in [0.05, 0.1) is 35.3 Å². The van der Waals surface area contributed by atoms with Crippen LogP contribution in [0.5, 0.6) is 17.2 Å². The molecule has 0 bridgehead atoms. The number of hydrogen-bond acceptors (Lipinski definition) is 8. The number of fused-ring (bicyclic) bond motifs is 2. The predicted octanol–water partition coefficient (Wildman–Crippen LogP) is 4.25. The lowest BCUT2D eigenvalue weighted by molar-refractivity contribution is 0.0389. The van der Waals surface area contributed by atoms with Crippen molar-refractivity contribution in [1.82, 2.24) is 9.21 Å². The number of para-hydroxylation sites is 1. The maximum Gasteiger partial charge on any atom is 0.323 e. The number of benzene rings is 3. The van der Waals surface area contributed by atoms with E-state index in [1.165, 1.54) is 40.5 Å². The van der Waals surface area contributed by atoms with Gasteiger partial charge >= 0.3 is 6.03 Å². The van der Waals surface area contributed by atoms with Gasteiger partial charge in [0.1, 0.15) is 6.10 Å². The summed E-state index contributed by atoms with van der Waals surface area (Å²) in [6, 6.07) is 14.4. The minimum Gasteiger partial charge on any atom is -0.486 e. The lowest BCUT2D eigenvalue weighted by Gasteiger charge is -2.38. The Morgan fingerprint density at radius 1 is 1.11 bits per heavy atom. The zero-order chi connectivity index (χ0) is 31.6. The number of urea groups is 1. The molecule has 0 radical (unpaired) electrons. The van der Waals surface area contributed by atoms with Crippen LogP contribution in [-0.2, 0) is 10.0 Å². The number of nitrogens with zero attached hydrogens (tertiary/aromatic N) is 2. The fourth-order valence-electron chi connectivity index (χ4n) is 4.96. The summed E-state index contributed by atoms with van der Waals surface area (Å²) >= 11 is 5.96. The zero-order valence-corrected chi connectivity index (χ0v) is 25.9. The first-order chi connectivity index (χ1) is 21.0. The van der Waals surface area contributed by atoms with Crippen molar-refractivity contribution >= 4 is 44.9 Å². The third kappa shape index (κ3) is 6.55. The van der Waals surface area contributed by atoms with E-state index in [1.54, 1.807) is 43.3 Å². The highest BCUT2D eigenvalue weighted by atomic mass is 35.5. The first kappa shape index (κ1) is 31.4. The third-order valence-corrected chi connectivity index (χ3v) is 9.62. The number of halogens is 1. The Morgan fingerprint density at radius 2 is 1.84 bits per heavy atom. The number of rotatable bonds is 8. The van der Waals surface area contributed by atoms with Crippen molar-refractivity contribution in [2.75, 3.05) is 44.2 Å². The van der Waals surface area contributed by atoms with E-state index in [1.807, 2.05) is 6.92 Å². The van der Waals surface area contributed by atoms with Crippen LogP contribution in [0.1, 0.15) is 24.2 Å². The molecule has 2 aliphatic heterocycles. The first-order valence-corrected chi connectivity index (χ1v) is 15.7. The van der Waals surface area contributed by atoms with Crippen LogP contribution in [0.2, 0.25) is 5.02 Å². The minimum atomic E-state index is -3.92. The molecule has 3 aromatic carbocycles. The molecule has 234 valence electrons. The van der Waals surface area contributed by atoms with E-state index in [9.17, 15) is 23.1 Å². The number of sulfonamides is 1. The molecule has 3 aromatic rings. The molecule has 0 unspecified atom stereocenters. The molecule has 3 amide bonds. The molecule has 0 aromatic heterocycles. The second-order valence-electron chi connectivity index (χ2n) is 10.7. The quantitative estimate of drug-likeness (QED) is 0.330. The highest BCUT2D eigenvalue weighted by molar-refractivity contribution is 7.89. The van der Waals surface area contributed by atoms with Gasteiger partial charge < -0.3 is 34.9 Å². The second-order valence-corrected chi connectivity index (χ2v) is 13.2. The second kappa shape index (κ2) is 12.9. The Bertz CT molecular complexity index is 1650. The molecular formula is C30H33ClN4O8S. The SMILES string of the molecule is C[C@H]1CN([C@@H](C)CO)C(=O)c2cccc(NC(=O)Nc3ccc4c(c3)OCO4)c2O[C@H]1CN(C)S(=O)(=O)c1ccc(Cl)cc1. The van der Waals surface area contributed by atoms with E-state index < -0.39 is 34.1 Å². The summed E-state index contributed by atoms with van der Waals surface area (Å²) in [5.74, 6) is 0.377. The average molecular weight is 645 g/mol. The monoisotopic (exact) mass is 644 g/mol. The van der Waals surface area contributed by atoms with Gasteiger partial charge in [-0.3, -0.25) is 4.79 Å². The largest absolute Gasteiger partial charge is 0.486 e. The van der Waals surface area contributed by atoms with E-state index in [-0.39, 0.29) is 54.3 Å². The molecule has 0 aliphatic carbocycles. The van der Waals surface area contributed by atoms with Crippen LogP contribution in [0, 0.1) is 5.92 Å². The van der Waals surface area contributed by atoms with Crippen LogP contribution in [-0.4, -0.2) is 80.4 Å². The molecule has 44 heavy (non-hydrogen) atoms. The van der Waals surface area contributed by atoms with Gasteiger partial charge in [-0.2, -0.15) is 4.31 Å². The van der Waals surface area contributed by atoms with Crippen LogP contribution in [0.15, 0.2) is 65.6 Å². The Balaban J connectivity index is 1.45. The van der Waals surface area contributed by atoms with Crippen molar-refractivity contribution < 1.29 is 37.3 Å². The number of aliphatic hydroxyl groups is 1. The number of carbonyl (C=O) groups is 2. The molecule has 0 saturated carbocycles. The van der Waals surface area contributed by atoms with Gasteiger partial charge in [-0.05, 0) is 55.5 Å². The van der Waals surface area contributed by atoms with Crippen LogP contribution < -0.4 is 24.8 Å². The summed E-state index contributed by atoms with van der Waals surface area (Å²) < 4.78 is 45.1. The third-order valence-electron chi connectivity index (χ3n) is 7.53. The van der Waals surface area contributed by atoms with Gasteiger partial charge in [0.25, 0.3) is 5.91 Å². The van der Waals surface area contributed by atoms with Crippen LogP contribution in [0.3, 0.4) is 0 Å². The standard InChI is InChI=1S/C30H33ClN4O8S/c1-18-14-35(19(2)16-36)29(37)23-5-4-6-24(33-30(38)32-21-9-12-25-26(13-21)42-17-41-25)28(23)43-27(18)15-34(3)44(39,40)22-10-7-20(31)8-11-22/h4-13,18-19,27,36H,14-17H2,1-3H3,(H2,32,33,38)/t18-,19-,27-/m0/s1. The number of anilines is 2. The molecule has 12 nitrogen and oxygen atoms in total. The van der Waals surface area contributed by atoms with Gasteiger partial charge in [-0.1, -0.05) is 24.6 Å². The van der Waals surface area contributed by atoms with Crippen LogP contribution >= 0.6 is 11.6 Å². The van der Waals surface area contributed by atoms with E-state index >= 15 is 0 Å². The summed E-state index contributed by atoms with van der Waals surface area (Å²) in [5.41, 5.74) is 0.810. The summed E-state index contributed by atoms with van der Waals surface area (Å²) in [7, 11) is -2.47. The van der Waals surface area contributed by atoms with Crippen molar-refractivity contribution in [3.63, 3.8) is 0 Å². The van der Waals surface area contributed by atoms with Crippen molar-refractivity contribution in [3.05, 3.63) is 71.2 Å². The highest BCUT2D eigenvalue weighted by Gasteiger charge is 2.36. The highest BCUT2D eigenvalue weighted by Crippen LogP contribution is 2.37. The van der Waals surface area contributed by atoms with Crippen molar-refractivity contribution in [2.45, 2.75) is 30.9 Å². The van der Waals surface area contributed by atoms with Gasteiger partial charge in [0.15, 0.2) is 17.2 Å². The molecule has 0 spiro atoms. The maximum absolute atomic E-state index is 13.7. The molecule has 3 atom stereocenters. The maximum atomic E-state index is 13.7. The first-order valence-electron chi connectivity index (χ1n) is 13.9. The lowest BCUT2D eigenvalue weighted by Crippen LogP contribution is -2.50. The Labute approximate surface area is 260 Å². The van der Waals surface area contributed by atoms with Crippen molar-refractivity contribution in [3.8, 4) is 17.2 Å². The number of carbonyl (C=O) groups excluding carboxylic acids is 2. The molecule has 2 aliphatic rings. The number of likely N-dealkylation sites (N-methyl/N-ethyl adjacent to an activating group) is 1. The topological polar surface area (TPSA) is 147 Å². The summed E-state index contributed by atoms with van der Waals surface area (Å²) in [6.07, 6.45) is -0.748. The molecule has 3 N–H and O–H groups in total. The molecule has 5 rings (SSSR count). The molecule has 0 saturated heterocycles. The van der Waals surface area contributed by atoms with Gasteiger partial charge in [-0.25, -0.2) is 13.2 Å². The number of nitrogens with one attached hydrogen (secondary N) is 2. The van der Waals surface area contributed by atoms with E-state index in [0.717, 1.165) is 0 Å². The van der Waals surface area contributed by atoms with Crippen molar-refractivity contribution in [1.29, 1.82) is 0 Å². The number of hydrogen-bond donors (Lipinski definition) is 3. The van der Waals surface area contributed by atoms with Gasteiger partial charge in [-0.15, -0.1) is 0 Å². The predicted molar refractivity (Wildman–Crippen MR) is 164 cm³/mol. The lowest BCUT2D eigenvalue weighted by atomic mass is 9.99. The van der Waals surface area contributed by atoms with Crippen LogP contribution in [0.4, 0.5) is 16.2 Å². The normalized spacial score (nSPS) is 18.6. The number of ether oxygens (including phenoxy) is 3. The molecule has 14 heteroatoms. The molecule has 0 fully saturated rings.